The van der Waals surface area contributed by atoms with Crippen molar-refractivity contribution in [2.75, 3.05) is 0 Å². The molecule has 0 amide bonds. The Balaban J connectivity index is 3.41. The lowest BCUT2D eigenvalue weighted by Crippen LogP contribution is -2.20. The summed E-state index contributed by atoms with van der Waals surface area (Å²) in [5.74, 6) is -1.66. The molecular weight excluding hydrogens is 314 g/mol. The lowest BCUT2D eigenvalue weighted by atomic mass is 10.1. The fraction of sp³-hybridized carbons (Fsp3) is 0.400. The summed E-state index contributed by atoms with van der Waals surface area (Å²) in [6.07, 6.45) is -10.8. The van der Waals surface area contributed by atoms with E-state index in [-0.39, 0.29) is 0 Å². The maximum Gasteiger partial charge on any atom is 0.573 e. The van der Waals surface area contributed by atoms with Gasteiger partial charge >= 0.3 is 12.5 Å². The first-order valence-corrected chi connectivity index (χ1v) is 5.40. The van der Waals surface area contributed by atoms with E-state index in [1.165, 1.54) is 6.07 Å². The molecule has 0 aliphatic rings. The first-order valence-electron chi connectivity index (χ1n) is 4.87. The molecule has 10 heteroatoms. The molecule has 1 rings (SSSR count). The SMILES string of the molecule is N#CCc1cc(OC(F)(F)F)c(CCl)nc1C(F)(F)F. The van der Waals surface area contributed by atoms with Crippen LogP contribution >= 0.6 is 11.6 Å². The Morgan fingerprint density at radius 3 is 2.25 bits per heavy atom. The minimum atomic E-state index is -5.11. The van der Waals surface area contributed by atoms with Crippen molar-refractivity contribution in [2.45, 2.75) is 24.8 Å². The molecule has 1 heterocycles. The molecule has 0 N–H and O–H groups in total. The van der Waals surface area contributed by atoms with Crippen LogP contribution in [-0.4, -0.2) is 11.3 Å². The van der Waals surface area contributed by atoms with Crippen molar-refractivity contribution in [3.63, 3.8) is 0 Å². The third-order valence-electron chi connectivity index (χ3n) is 2.03. The summed E-state index contributed by atoms with van der Waals surface area (Å²) < 4.78 is 78.0. The van der Waals surface area contributed by atoms with Crippen LogP contribution < -0.4 is 4.74 Å². The molecule has 20 heavy (non-hydrogen) atoms. The minimum Gasteiger partial charge on any atom is -0.404 e. The van der Waals surface area contributed by atoms with E-state index in [0.29, 0.717) is 6.07 Å². The Hall–Kier alpha value is -1.69. The van der Waals surface area contributed by atoms with Crippen molar-refractivity contribution in [1.29, 1.82) is 5.26 Å². The number of aromatic nitrogens is 1. The van der Waals surface area contributed by atoms with Gasteiger partial charge in [-0.05, 0) is 6.07 Å². The van der Waals surface area contributed by atoms with Crippen LogP contribution in [0.2, 0.25) is 0 Å². The van der Waals surface area contributed by atoms with Crippen LogP contribution in [0.1, 0.15) is 17.0 Å². The second kappa shape index (κ2) is 5.75. The highest BCUT2D eigenvalue weighted by Crippen LogP contribution is 2.35. The standard InChI is InChI=1S/C10H5ClF6N2O/c11-4-6-7(20-10(15,16)17)3-5(1-2-18)8(19-6)9(12,13)14/h3H,1,4H2. The van der Waals surface area contributed by atoms with Gasteiger partial charge in [-0.1, -0.05) is 0 Å². The van der Waals surface area contributed by atoms with E-state index >= 15 is 0 Å². The third kappa shape index (κ3) is 4.16. The van der Waals surface area contributed by atoms with E-state index in [0.717, 1.165) is 0 Å². The quantitative estimate of drug-likeness (QED) is 0.629. The average Bonchev–Trinajstić information content (AvgIpc) is 2.26. The molecule has 110 valence electrons. The van der Waals surface area contributed by atoms with Crippen molar-refractivity contribution < 1.29 is 31.1 Å². The molecule has 1 aromatic rings. The van der Waals surface area contributed by atoms with Gasteiger partial charge in [-0.15, -0.1) is 24.8 Å². The second-order valence-electron chi connectivity index (χ2n) is 3.46. The molecule has 0 spiro atoms. The van der Waals surface area contributed by atoms with Crippen LogP contribution in [-0.2, 0) is 18.5 Å². The molecule has 0 radical (unpaired) electrons. The van der Waals surface area contributed by atoms with E-state index < -0.39 is 47.5 Å². The largest absolute Gasteiger partial charge is 0.573 e. The highest BCUT2D eigenvalue weighted by molar-refractivity contribution is 6.17. The molecule has 0 saturated heterocycles. The molecule has 0 aliphatic carbocycles. The van der Waals surface area contributed by atoms with Gasteiger partial charge in [-0.3, -0.25) is 0 Å². The molecule has 0 aromatic carbocycles. The number of pyridine rings is 1. The Morgan fingerprint density at radius 2 is 1.85 bits per heavy atom. The van der Waals surface area contributed by atoms with Gasteiger partial charge in [-0.25, -0.2) is 4.98 Å². The molecule has 3 nitrogen and oxygen atoms in total. The number of nitriles is 1. The lowest BCUT2D eigenvalue weighted by Gasteiger charge is -2.16. The molecule has 0 atom stereocenters. The fourth-order valence-electron chi connectivity index (χ4n) is 1.35. The van der Waals surface area contributed by atoms with Gasteiger partial charge in [0.25, 0.3) is 0 Å². The van der Waals surface area contributed by atoms with Crippen molar-refractivity contribution in [3.8, 4) is 11.8 Å². The molecule has 0 unspecified atom stereocenters. The summed E-state index contributed by atoms with van der Waals surface area (Å²) in [6, 6.07) is 1.89. The molecule has 0 saturated carbocycles. The maximum atomic E-state index is 12.7. The Bertz CT molecular complexity index is 534. The van der Waals surface area contributed by atoms with Crippen LogP contribution in [0.5, 0.6) is 5.75 Å². The van der Waals surface area contributed by atoms with Crippen LogP contribution in [0, 0.1) is 11.3 Å². The first-order chi connectivity index (χ1) is 9.08. The Labute approximate surface area is 113 Å². The lowest BCUT2D eigenvalue weighted by molar-refractivity contribution is -0.275. The Morgan fingerprint density at radius 1 is 1.25 bits per heavy atom. The predicted octanol–water partition coefficient (Wildman–Crippen LogP) is 3.80. The number of halogens is 7. The summed E-state index contributed by atoms with van der Waals surface area (Å²) in [5.41, 5.74) is -2.88. The van der Waals surface area contributed by atoms with Crippen LogP contribution in [0.25, 0.3) is 0 Å². The van der Waals surface area contributed by atoms with E-state index in [1.807, 2.05) is 0 Å². The monoisotopic (exact) mass is 318 g/mol. The van der Waals surface area contributed by atoms with Gasteiger partial charge in [0.2, 0.25) is 0 Å². The summed E-state index contributed by atoms with van der Waals surface area (Å²) in [4.78, 5) is 3.03. The molecule has 0 aliphatic heterocycles. The first kappa shape index (κ1) is 16.4. The zero-order chi connectivity index (χ0) is 15.6. The highest BCUT2D eigenvalue weighted by atomic mass is 35.5. The third-order valence-corrected chi connectivity index (χ3v) is 2.28. The smallest absolute Gasteiger partial charge is 0.404 e. The zero-order valence-electron chi connectivity index (χ0n) is 9.44. The molecular formula is C10H5ClF6N2O. The predicted molar refractivity (Wildman–Crippen MR) is 54.8 cm³/mol. The van der Waals surface area contributed by atoms with Crippen molar-refractivity contribution in [1.82, 2.24) is 4.98 Å². The van der Waals surface area contributed by atoms with Crippen LogP contribution in [0.3, 0.4) is 0 Å². The maximum absolute atomic E-state index is 12.7. The number of rotatable bonds is 3. The van der Waals surface area contributed by atoms with Gasteiger partial charge in [0.15, 0.2) is 5.75 Å². The molecule has 0 bridgehead atoms. The summed E-state index contributed by atoms with van der Waals surface area (Å²) in [5, 5.41) is 8.43. The molecule has 0 fully saturated rings. The van der Waals surface area contributed by atoms with E-state index in [9.17, 15) is 26.3 Å². The fourth-order valence-corrected chi connectivity index (χ4v) is 1.54. The van der Waals surface area contributed by atoms with Crippen LogP contribution in [0.4, 0.5) is 26.3 Å². The zero-order valence-corrected chi connectivity index (χ0v) is 10.2. The topological polar surface area (TPSA) is 45.9 Å². The second-order valence-corrected chi connectivity index (χ2v) is 3.72. The van der Waals surface area contributed by atoms with E-state index in [1.54, 1.807) is 0 Å². The van der Waals surface area contributed by atoms with E-state index in [4.69, 9.17) is 16.9 Å². The van der Waals surface area contributed by atoms with Gasteiger partial charge in [0.1, 0.15) is 5.69 Å². The Kier molecular flexibility index (Phi) is 4.70. The number of alkyl halides is 7. The van der Waals surface area contributed by atoms with Crippen molar-refractivity contribution >= 4 is 11.6 Å². The van der Waals surface area contributed by atoms with Crippen molar-refractivity contribution in [3.05, 3.63) is 23.0 Å². The molecule has 1 aromatic heterocycles. The highest BCUT2D eigenvalue weighted by Gasteiger charge is 2.38. The van der Waals surface area contributed by atoms with Crippen LogP contribution in [0.15, 0.2) is 6.07 Å². The average molecular weight is 319 g/mol. The number of ether oxygens (including phenoxy) is 1. The summed E-state index contributed by atoms with van der Waals surface area (Å²) in [7, 11) is 0. The van der Waals surface area contributed by atoms with Crippen molar-refractivity contribution in [2.24, 2.45) is 0 Å². The van der Waals surface area contributed by atoms with E-state index in [2.05, 4.69) is 9.72 Å². The van der Waals surface area contributed by atoms with Gasteiger partial charge in [0.05, 0.1) is 24.1 Å². The minimum absolute atomic E-state index is 0.476. The van der Waals surface area contributed by atoms with Gasteiger partial charge in [0, 0.05) is 5.56 Å². The van der Waals surface area contributed by atoms with Gasteiger partial charge in [-0.2, -0.15) is 18.4 Å². The summed E-state index contributed by atoms with van der Waals surface area (Å²) in [6.45, 7) is 0. The van der Waals surface area contributed by atoms with Gasteiger partial charge < -0.3 is 4.74 Å². The number of hydrogen-bond donors (Lipinski definition) is 0. The summed E-state index contributed by atoms with van der Waals surface area (Å²) >= 11 is 5.27. The number of hydrogen-bond acceptors (Lipinski definition) is 3. The number of nitrogens with zero attached hydrogens (tertiary/aromatic N) is 2. The normalized spacial score (nSPS) is 12.1.